The van der Waals surface area contributed by atoms with Gasteiger partial charge in [0.25, 0.3) is 0 Å². The van der Waals surface area contributed by atoms with E-state index in [4.69, 9.17) is 10.5 Å². The molecule has 0 fully saturated rings. The van der Waals surface area contributed by atoms with Crippen molar-refractivity contribution in [1.82, 2.24) is 15.0 Å². The fourth-order valence-electron chi connectivity index (χ4n) is 1.83. The minimum atomic E-state index is 0.502. The van der Waals surface area contributed by atoms with Gasteiger partial charge < -0.3 is 15.5 Å². The van der Waals surface area contributed by atoms with Crippen LogP contribution in [-0.4, -0.2) is 22.1 Å². The van der Waals surface area contributed by atoms with Gasteiger partial charge in [-0.1, -0.05) is 6.07 Å². The number of fused-ring (bicyclic) bond motifs is 1. The molecule has 0 aliphatic carbocycles. The topological polar surface area (TPSA) is 76.8 Å². The largest absolute Gasteiger partial charge is 0.497 e. The molecule has 0 atom stereocenters. The third-order valence-electron chi connectivity index (χ3n) is 2.90. The number of methoxy groups -OCH3 is 1. The van der Waals surface area contributed by atoms with Crippen molar-refractivity contribution in [1.29, 1.82) is 0 Å². The lowest BCUT2D eigenvalue weighted by atomic mass is 10.3. The highest BCUT2D eigenvalue weighted by molar-refractivity contribution is 7.99. The first kappa shape index (κ1) is 13.0. The Morgan fingerprint density at radius 2 is 2.20 bits per heavy atom. The molecule has 0 aliphatic heterocycles. The predicted octanol–water partition coefficient (Wildman–Crippen LogP) is 2.58. The van der Waals surface area contributed by atoms with Gasteiger partial charge in [-0.05, 0) is 35.5 Å². The Labute approximate surface area is 120 Å². The van der Waals surface area contributed by atoms with E-state index in [2.05, 4.69) is 15.0 Å². The van der Waals surface area contributed by atoms with Gasteiger partial charge in [0.2, 0.25) is 0 Å². The van der Waals surface area contributed by atoms with Crippen LogP contribution in [0.1, 0.15) is 5.56 Å². The fourth-order valence-corrected chi connectivity index (χ4v) is 2.58. The number of nitrogens with one attached hydrogen (secondary N) is 1. The molecular weight excluding hydrogens is 272 g/mol. The number of hydrogen-bond donors (Lipinski definition) is 2. The summed E-state index contributed by atoms with van der Waals surface area (Å²) in [7, 11) is 1.65. The highest BCUT2D eigenvalue weighted by Gasteiger charge is 2.06. The van der Waals surface area contributed by atoms with E-state index in [0.29, 0.717) is 6.54 Å². The number of aromatic nitrogens is 3. The number of benzene rings is 1. The molecule has 3 rings (SSSR count). The van der Waals surface area contributed by atoms with Gasteiger partial charge in [0, 0.05) is 18.8 Å². The second-order valence-electron chi connectivity index (χ2n) is 4.24. The summed E-state index contributed by atoms with van der Waals surface area (Å²) in [6, 6.07) is 9.67. The molecule has 102 valence electrons. The van der Waals surface area contributed by atoms with Gasteiger partial charge in [-0.3, -0.25) is 0 Å². The molecule has 0 aliphatic rings. The summed E-state index contributed by atoms with van der Waals surface area (Å²) < 4.78 is 5.20. The van der Waals surface area contributed by atoms with Gasteiger partial charge in [-0.15, -0.1) is 0 Å². The van der Waals surface area contributed by atoms with Crippen LogP contribution in [-0.2, 0) is 6.54 Å². The van der Waals surface area contributed by atoms with Crippen LogP contribution in [0.4, 0.5) is 0 Å². The average Bonchev–Trinajstić information content (AvgIpc) is 2.89. The second-order valence-corrected chi connectivity index (χ2v) is 5.25. The molecular formula is C14H14N4OS. The number of hydrogen-bond acceptors (Lipinski definition) is 5. The second kappa shape index (κ2) is 5.52. The van der Waals surface area contributed by atoms with E-state index in [0.717, 1.165) is 32.5 Å². The van der Waals surface area contributed by atoms with Crippen molar-refractivity contribution in [3.8, 4) is 5.75 Å². The van der Waals surface area contributed by atoms with Crippen LogP contribution in [0, 0.1) is 0 Å². The predicted molar refractivity (Wildman–Crippen MR) is 78.9 cm³/mol. The molecule has 3 N–H and O–H groups in total. The number of aromatic amines is 1. The molecule has 2 aromatic heterocycles. The van der Waals surface area contributed by atoms with Gasteiger partial charge in [-0.2, -0.15) is 0 Å². The van der Waals surface area contributed by atoms with Crippen molar-refractivity contribution in [2.75, 3.05) is 7.11 Å². The molecule has 0 bridgehead atoms. The minimum absolute atomic E-state index is 0.502. The van der Waals surface area contributed by atoms with Crippen molar-refractivity contribution in [3.05, 3.63) is 42.1 Å². The summed E-state index contributed by atoms with van der Waals surface area (Å²) in [6.07, 6.45) is 1.79. The lowest BCUT2D eigenvalue weighted by Gasteiger charge is -1.98. The van der Waals surface area contributed by atoms with E-state index in [-0.39, 0.29) is 0 Å². The summed E-state index contributed by atoms with van der Waals surface area (Å²) in [5.74, 6) is 0.808. The maximum Gasteiger partial charge on any atom is 0.172 e. The Bertz CT molecular complexity index is 724. The lowest BCUT2D eigenvalue weighted by molar-refractivity contribution is 0.415. The highest BCUT2D eigenvalue weighted by Crippen LogP contribution is 2.27. The first-order valence-electron chi connectivity index (χ1n) is 6.15. The zero-order valence-electron chi connectivity index (χ0n) is 11.0. The normalized spacial score (nSPS) is 10.9. The van der Waals surface area contributed by atoms with Crippen LogP contribution >= 0.6 is 11.8 Å². The molecule has 0 saturated carbocycles. The summed E-state index contributed by atoms with van der Waals surface area (Å²) in [5.41, 5.74) is 8.43. The minimum Gasteiger partial charge on any atom is -0.497 e. The zero-order chi connectivity index (χ0) is 13.9. The first-order valence-corrected chi connectivity index (χ1v) is 6.97. The summed E-state index contributed by atoms with van der Waals surface area (Å²) in [6.45, 7) is 0.502. The van der Waals surface area contributed by atoms with Crippen molar-refractivity contribution < 1.29 is 4.74 Å². The van der Waals surface area contributed by atoms with Gasteiger partial charge in [-0.25, -0.2) is 9.97 Å². The van der Waals surface area contributed by atoms with E-state index in [9.17, 15) is 0 Å². The zero-order valence-corrected chi connectivity index (χ0v) is 11.8. The van der Waals surface area contributed by atoms with E-state index in [1.807, 2.05) is 30.3 Å². The maximum absolute atomic E-state index is 5.55. The maximum atomic E-state index is 5.55. The van der Waals surface area contributed by atoms with E-state index in [1.54, 1.807) is 13.3 Å². The molecule has 2 heterocycles. The Kier molecular flexibility index (Phi) is 3.58. The Hall–Kier alpha value is -2.05. The van der Waals surface area contributed by atoms with Gasteiger partial charge in [0.05, 0.1) is 18.1 Å². The summed E-state index contributed by atoms with van der Waals surface area (Å²) >= 11 is 1.49. The van der Waals surface area contributed by atoms with Crippen LogP contribution in [0.15, 0.2) is 46.7 Å². The highest BCUT2D eigenvalue weighted by atomic mass is 32.2. The van der Waals surface area contributed by atoms with Crippen LogP contribution in [0.3, 0.4) is 0 Å². The molecule has 0 unspecified atom stereocenters. The van der Waals surface area contributed by atoms with E-state index in [1.165, 1.54) is 11.8 Å². The number of imidazole rings is 1. The van der Waals surface area contributed by atoms with Crippen molar-refractivity contribution in [2.24, 2.45) is 5.73 Å². The van der Waals surface area contributed by atoms with Crippen LogP contribution in [0.25, 0.3) is 11.0 Å². The van der Waals surface area contributed by atoms with Gasteiger partial charge >= 0.3 is 0 Å². The van der Waals surface area contributed by atoms with Crippen LogP contribution < -0.4 is 10.5 Å². The Morgan fingerprint density at radius 1 is 1.30 bits per heavy atom. The van der Waals surface area contributed by atoms with Crippen molar-refractivity contribution in [2.45, 2.75) is 16.7 Å². The Balaban J connectivity index is 1.86. The van der Waals surface area contributed by atoms with Crippen molar-refractivity contribution in [3.63, 3.8) is 0 Å². The summed E-state index contributed by atoms with van der Waals surface area (Å²) in [4.78, 5) is 12.1. The monoisotopic (exact) mass is 286 g/mol. The van der Waals surface area contributed by atoms with E-state index < -0.39 is 0 Å². The third-order valence-corrected chi connectivity index (χ3v) is 3.74. The standard InChI is InChI=1S/C14H14N4OS/c1-19-10-3-4-11-12(6-10)18-14(17-11)20-13-5-2-9(7-15)8-16-13/h2-6,8H,7,15H2,1H3,(H,17,18). The molecule has 6 heteroatoms. The third kappa shape index (κ3) is 2.61. The number of H-pyrrole nitrogens is 1. The van der Waals surface area contributed by atoms with Crippen molar-refractivity contribution >= 4 is 22.8 Å². The molecule has 3 aromatic rings. The van der Waals surface area contributed by atoms with E-state index >= 15 is 0 Å². The smallest absolute Gasteiger partial charge is 0.172 e. The Morgan fingerprint density at radius 3 is 2.90 bits per heavy atom. The molecule has 0 radical (unpaired) electrons. The SMILES string of the molecule is COc1ccc2nc(Sc3ccc(CN)cn3)[nH]c2c1. The molecule has 20 heavy (non-hydrogen) atoms. The summed E-state index contributed by atoms with van der Waals surface area (Å²) in [5, 5.41) is 1.69. The molecule has 0 saturated heterocycles. The first-order chi connectivity index (χ1) is 9.78. The van der Waals surface area contributed by atoms with Crippen LogP contribution in [0.5, 0.6) is 5.75 Å². The molecule has 0 amide bonds. The quantitative estimate of drug-likeness (QED) is 0.771. The molecule has 0 spiro atoms. The lowest BCUT2D eigenvalue weighted by Crippen LogP contribution is -1.96. The number of nitrogens with two attached hydrogens (primary N) is 1. The molecule has 1 aromatic carbocycles. The number of ether oxygens (including phenoxy) is 1. The number of nitrogens with zero attached hydrogens (tertiary/aromatic N) is 2. The van der Waals surface area contributed by atoms with Crippen LogP contribution in [0.2, 0.25) is 0 Å². The number of pyridine rings is 1. The fraction of sp³-hybridized carbons (Fsp3) is 0.143. The average molecular weight is 286 g/mol. The molecule has 5 nitrogen and oxygen atoms in total. The van der Waals surface area contributed by atoms with Gasteiger partial charge in [0.1, 0.15) is 10.8 Å². The number of rotatable bonds is 4. The van der Waals surface area contributed by atoms with Gasteiger partial charge in [0.15, 0.2) is 5.16 Å².